The van der Waals surface area contributed by atoms with Crippen LogP contribution in [0.4, 0.5) is 0 Å². The standard InChI is InChI=1S/C15H13N3O3/c19-16-13(11-7-3-1-4-8-11)15(18-21)14(17-20)12-9-5-2-6-10-12/h1-10,19-21H. The summed E-state index contributed by atoms with van der Waals surface area (Å²) < 4.78 is 0. The van der Waals surface area contributed by atoms with Crippen molar-refractivity contribution in [2.24, 2.45) is 15.5 Å². The summed E-state index contributed by atoms with van der Waals surface area (Å²) in [7, 11) is 0. The summed E-state index contributed by atoms with van der Waals surface area (Å²) in [4.78, 5) is 0. The van der Waals surface area contributed by atoms with Gasteiger partial charge < -0.3 is 15.6 Å². The molecule has 2 aromatic carbocycles. The molecule has 0 amide bonds. The molecule has 0 aliphatic rings. The lowest BCUT2D eigenvalue weighted by Gasteiger charge is -2.08. The van der Waals surface area contributed by atoms with Crippen LogP contribution < -0.4 is 0 Å². The molecular weight excluding hydrogens is 270 g/mol. The Labute approximate surface area is 121 Å². The highest BCUT2D eigenvalue weighted by Crippen LogP contribution is 2.09. The molecule has 3 N–H and O–H groups in total. The van der Waals surface area contributed by atoms with Gasteiger partial charge in [0.05, 0.1) is 0 Å². The summed E-state index contributed by atoms with van der Waals surface area (Å²) >= 11 is 0. The van der Waals surface area contributed by atoms with Crippen molar-refractivity contribution in [3.05, 3.63) is 71.8 Å². The van der Waals surface area contributed by atoms with Crippen LogP contribution in [0.2, 0.25) is 0 Å². The fourth-order valence-electron chi connectivity index (χ4n) is 1.88. The summed E-state index contributed by atoms with van der Waals surface area (Å²) in [6.07, 6.45) is 0. The Morgan fingerprint density at radius 2 is 0.952 bits per heavy atom. The lowest BCUT2D eigenvalue weighted by molar-refractivity contribution is 0.312. The highest BCUT2D eigenvalue weighted by Gasteiger charge is 2.21. The predicted molar refractivity (Wildman–Crippen MR) is 78.8 cm³/mol. The Morgan fingerprint density at radius 1 is 0.571 bits per heavy atom. The van der Waals surface area contributed by atoms with E-state index in [0.29, 0.717) is 11.1 Å². The number of benzene rings is 2. The van der Waals surface area contributed by atoms with Crippen LogP contribution in [0.5, 0.6) is 0 Å². The summed E-state index contributed by atoms with van der Waals surface area (Å²) in [6.45, 7) is 0. The van der Waals surface area contributed by atoms with Crippen LogP contribution in [0, 0.1) is 0 Å². The third kappa shape index (κ3) is 3.06. The van der Waals surface area contributed by atoms with Crippen LogP contribution in [0.15, 0.2) is 76.1 Å². The molecule has 0 bridgehead atoms. The quantitative estimate of drug-likeness (QED) is 0.457. The van der Waals surface area contributed by atoms with Crippen LogP contribution in [0.1, 0.15) is 11.1 Å². The molecule has 0 aliphatic heterocycles. The van der Waals surface area contributed by atoms with Crippen molar-refractivity contribution in [2.75, 3.05) is 0 Å². The van der Waals surface area contributed by atoms with E-state index in [1.807, 2.05) is 0 Å². The molecular formula is C15H13N3O3. The van der Waals surface area contributed by atoms with E-state index in [2.05, 4.69) is 15.5 Å². The first kappa shape index (κ1) is 14.3. The Hall–Kier alpha value is -3.15. The average molecular weight is 283 g/mol. The monoisotopic (exact) mass is 283 g/mol. The van der Waals surface area contributed by atoms with Crippen molar-refractivity contribution in [1.82, 2.24) is 0 Å². The number of nitrogens with zero attached hydrogens (tertiary/aromatic N) is 3. The van der Waals surface area contributed by atoms with E-state index in [1.165, 1.54) is 0 Å². The zero-order chi connectivity index (χ0) is 15.1. The molecule has 106 valence electrons. The van der Waals surface area contributed by atoms with E-state index in [0.717, 1.165) is 0 Å². The van der Waals surface area contributed by atoms with Crippen molar-refractivity contribution in [2.45, 2.75) is 0 Å². The Balaban J connectivity index is 2.49. The summed E-state index contributed by atoms with van der Waals surface area (Å²) in [6, 6.07) is 17.3. The fourth-order valence-corrected chi connectivity index (χ4v) is 1.88. The SMILES string of the molecule is ON=C(C(=NO)c1ccccc1)C(=NO)c1ccccc1. The maximum atomic E-state index is 9.26. The highest BCUT2D eigenvalue weighted by atomic mass is 16.4. The number of hydrogen-bond donors (Lipinski definition) is 3. The third-order valence-electron chi connectivity index (χ3n) is 2.84. The van der Waals surface area contributed by atoms with Crippen LogP contribution in [-0.4, -0.2) is 32.8 Å². The van der Waals surface area contributed by atoms with Crippen molar-refractivity contribution >= 4 is 17.1 Å². The first-order chi connectivity index (χ1) is 10.3. The van der Waals surface area contributed by atoms with Gasteiger partial charge in [0.2, 0.25) is 0 Å². The maximum Gasteiger partial charge on any atom is 0.161 e. The zero-order valence-electron chi connectivity index (χ0n) is 11.0. The van der Waals surface area contributed by atoms with Gasteiger partial charge in [-0.05, 0) is 0 Å². The zero-order valence-corrected chi connectivity index (χ0v) is 11.0. The minimum absolute atomic E-state index is 0.00486. The largest absolute Gasteiger partial charge is 0.410 e. The highest BCUT2D eigenvalue weighted by molar-refractivity contribution is 6.74. The molecule has 0 saturated carbocycles. The van der Waals surface area contributed by atoms with E-state index in [-0.39, 0.29) is 17.1 Å². The van der Waals surface area contributed by atoms with Gasteiger partial charge in [-0.25, -0.2) is 0 Å². The van der Waals surface area contributed by atoms with Gasteiger partial charge in [0.15, 0.2) is 5.71 Å². The van der Waals surface area contributed by atoms with E-state index >= 15 is 0 Å². The predicted octanol–water partition coefficient (Wildman–Crippen LogP) is 2.57. The number of hydrogen-bond acceptors (Lipinski definition) is 6. The van der Waals surface area contributed by atoms with E-state index < -0.39 is 0 Å². The number of oxime groups is 3. The smallest absolute Gasteiger partial charge is 0.161 e. The molecule has 0 atom stereocenters. The molecule has 0 unspecified atom stereocenters. The van der Waals surface area contributed by atoms with Crippen molar-refractivity contribution < 1.29 is 15.6 Å². The van der Waals surface area contributed by atoms with Crippen LogP contribution in [0.3, 0.4) is 0 Å². The lowest BCUT2D eigenvalue weighted by Crippen LogP contribution is -2.26. The van der Waals surface area contributed by atoms with Crippen LogP contribution >= 0.6 is 0 Å². The summed E-state index contributed by atoms with van der Waals surface area (Å²) in [5, 5.41) is 37.2. The Kier molecular flexibility index (Phi) is 4.66. The van der Waals surface area contributed by atoms with Gasteiger partial charge in [-0.3, -0.25) is 0 Å². The molecule has 2 aromatic rings. The van der Waals surface area contributed by atoms with E-state index in [9.17, 15) is 15.6 Å². The molecule has 2 rings (SSSR count). The Morgan fingerprint density at radius 3 is 1.24 bits per heavy atom. The molecule has 0 heterocycles. The molecule has 0 spiro atoms. The van der Waals surface area contributed by atoms with Crippen molar-refractivity contribution in [3.63, 3.8) is 0 Å². The summed E-state index contributed by atoms with van der Waals surface area (Å²) in [5.41, 5.74) is 0.886. The third-order valence-corrected chi connectivity index (χ3v) is 2.84. The molecule has 21 heavy (non-hydrogen) atoms. The molecule has 6 heteroatoms. The fraction of sp³-hybridized carbons (Fsp3) is 0. The molecule has 6 nitrogen and oxygen atoms in total. The van der Waals surface area contributed by atoms with Gasteiger partial charge in [-0.15, -0.1) is 0 Å². The second-order valence-electron chi connectivity index (χ2n) is 4.08. The topological polar surface area (TPSA) is 97.8 Å². The minimum atomic E-state index is -0.141. The maximum absolute atomic E-state index is 9.26. The number of rotatable bonds is 4. The first-order valence-electron chi connectivity index (χ1n) is 6.09. The van der Waals surface area contributed by atoms with Crippen LogP contribution in [-0.2, 0) is 0 Å². The van der Waals surface area contributed by atoms with Gasteiger partial charge in [0, 0.05) is 11.1 Å². The molecule has 0 aliphatic carbocycles. The van der Waals surface area contributed by atoms with Gasteiger partial charge in [0.1, 0.15) is 11.4 Å². The molecule has 0 radical (unpaired) electrons. The van der Waals surface area contributed by atoms with Gasteiger partial charge in [-0.2, -0.15) is 0 Å². The lowest BCUT2D eigenvalue weighted by atomic mass is 9.98. The van der Waals surface area contributed by atoms with Crippen LogP contribution in [0.25, 0.3) is 0 Å². The van der Waals surface area contributed by atoms with Gasteiger partial charge >= 0.3 is 0 Å². The minimum Gasteiger partial charge on any atom is -0.410 e. The second kappa shape index (κ2) is 6.85. The average Bonchev–Trinajstić information content (AvgIpc) is 2.56. The Bertz CT molecular complexity index is 622. The second-order valence-corrected chi connectivity index (χ2v) is 4.08. The van der Waals surface area contributed by atoms with E-state index in [1.54, 1.807) is 60.7 Å². The molecule has 0 saturated heterocycles. The first-order valence-corrected chi connectivity index (χ1v) is 6.09. The normalized spacial score (nSPS) is 12.0. The van der Waals surface area contributed by atoms with E-state index in [4.69, 9.17) is 0 Å². The van der Waals surface area contributed by atoms with Crippen molar-refractivity contribution in [1.29, 1.82) is 0 Å². The van der Waals surface area contributed by atoms with Gasteiger partial charge in [0.25, 0.3) is 0 Å². The summed E-state index contributed by atoms with van der Waals surface area (Å²) in [5.74, 6) is 0. The van der Waals surface area contributed by atoms with Gasteiger partial charge in [-0.1, -0.05) is 76.1 Å². The molecule has 0 fully saturated rings. The molecule has 0 aromatic heterocycles. The van der Waals surface area contributed by atoms with Crippen molar-refractivity contribution in [3.8, 4) is 0 Å².